The summed E-state index contributed by atoms with van der Waals surface area (Å²) in [5, 5.41) is 9.51. The minimum atomic E-state index is 0.0544. The van der Waals surface area contributed by atoms with Gasteiger partial charge in [0.1, 0.15) is 0 Å². The van der Waals surface area contributed by atoms with Crippen LogP contribution < -0.4 is 9.57 Å². The SMILES string of the molecule is CN(C)C(O[n+]1ccccc1O)=[N+](C)C. The van der Waals surface area contributed by atoms with Crippen molar-refractivity contribution in [3.05, 3.63) is 24.4 Å². The van der Waals surface area contributed by atoms with Crippen molar-refractivity contribution in [2.24, 2.45) is 0 Å². The predicted octanol–water partition coefficient (Wildman–Crippen LogP) is -0.702. The van der Waals surface area contributed by atoms with Gasteiger partial charge in [-0.2, -0.15) is 0 Å². The molecule has 0 radical (unpaired) electrons. The van der Waals surface area contributed by atoms with Gasteiger partial charge in [0, 0.05) is 6.07 Å². The largest absolute Gasteiger partial charge is 0.508 e. The molecule has 1 rings (SSSR count). The van der Waals surface area contributed by atoms with E-state index in [9.17, 15) is 5.11 Å². The topological polar surface area (TPSA) is 39.6 Å². The summed E-state index contributed by atoms with van der Waals surface area (Å²) in [5.74, 6) is 0.0544. The number of hydrogen-bond donors (Lipinski definition) is 1. The number of nitrogens with zero attached hydrogens (tertiary/aromatic N) is 3. The molecule has 1 aromatic rings. The number of pyridine rings is 1. The molecular formula is C10H17N3O2+2. The number of rotatable bonds is 1. The predicted molar refractivity (Wildman–Crippen MR) is 55.7 cm³/mol. The second kappa shape index (κ2) is 4.63. The van der Waals surface area contributed by atoms with Crippen LogP contribution in [0.15, 0.2) is 24.4 Å². The van der Waals surface area contributed by atoms with E-state index in [0.717, 1.165) is 0 Å². The van der Waals surface area contributed by atoms with Gasteiger partial charge in [0.2, 0.25) is 6.20 Å². The molecule has 82 valence electrons. The average Bonchev–Trinajstić information content (AvgIpc) is 2.15. The smallest absolute Gasteiger partial charge is 0.457 e. The van der Waals surface area contributed by atoms with E-state index in [1.807, 2.05) is 37.7 Å². The summed E-state index contributed by atoms with van der Waals surface area (Å²) in [6.45, 7) is 0. The maximum Gasteiger partial charge on any atom is 0.508 e. The second-order valence-electron chi connectivity index (χ2n) is 3.55. The maximum absolute atomic E-state index is 9.51. The molecule has 0 spiro atoms. The number of hydrogen-bond acceptors (Lipinski definition) is 2. The number of amidine groups is 1. The number of aromatic hydroxyl groups is 1. The van der Waals surface area contributed by atoms with Crippen LogP contribution in [0, 0.1) is 0 Å². The summed E-state index contributed by atoms with van der Waals surface area (Å²) in [7, 11) is 7.48. The van der Waals surface area contributed by atoms with Crippen molar-refractivity contribution in [1.82, 2.24) is 4.90 Å². The Hall–Kier alpha value is -1.78. The zero-order valence-corrected chi connectivity index (χ0v) is 9.51. The lowest BCUT2D eigenvalue weighted by atomic mass is 10.5. The summed E-state index contributed by atoms with van der Waals surface area (Å²) < 4.78 is 3.12. The van der Waals surface area contributed by atoms with Crippen molar-refractivity contribution in [2.75, 3.05) is 28.2 Å². The Morgan fingerprint density at radius 2 is 2.07 bits per heavy atom. The molecule has 0 saturated carbocycles. The Bertz CT molecular complexity index is 371. The van der Waals surface area contributed by atoms with E-state index in [0.29, 0.717) is 6.02 Å². The molecule has 5 nitrogen and oxygen atoms in total. The molecule has 0 aliphatic heterocycles. The fraction of sp³-hybridized carbons (Fsp3) is 0.400. The molecule has 0 fully saturated rings. The molecule has 5 heteroatoms. The molecule has 15 heavy (non-hydrogen) atoms. The summed E-state index contributed by atoms with van der Waals surface area (Å²) in [6, 6.07) is 5.70. The third kappa shape index (κ3) is 2.83. The van der Waals surface area contributed by atoms with Crippen LogP contribution in [-0.4, -0.2) is 48.8 Å². The first kappa shape index (κ1) is 11.3. The van der Waals surface area contributed by atoms with Crippen LogP contribution >= 0.6 is 0 Å². The van der Waals surface area contributed by atoms with Crippen molar-refractivity contribution in [2.45, 2.75) is 0 Å². The van der Waals surface area contributed by atoms with Crippen LogP contribution in [-0.2, 0) is 0 Å². The normalized spacial score (nSPS) is 9.60. The van der Waals surface area contributed by atoms with Crippen molar-refractivity contribution in [1.29, 1.82) is 0 Å². The summed E-state index contributed by atoms with van der Waals surface area (Å²) in [4.78, 5) is 7.32. The molecule has 1 heterocycles. The third-order valence-corrected chi connectivity index (χ3v) is 1.75. The minimum absolute atomic E-state index is 0.0544. The Kier molecular flexibility index (Phi) is 3.49. The van der Waals surface area contributed by atoms with Gasteiger partial charge in [-0.25, -0.2) is 9.48 Å². The zero-order chi connectivity index (χ0) is 11.4. The first-order valence-electron chi connectivity index (χ1n) is 4.62. The van der Waals surface area contributed by atoms with Gasteiger partial charge in [0.15, 0.2) is 0 Å². The highest BCUT2D eigenvalue weighted by atomic mass is 16.7. The lowest BCUT2D eigenvalue weighted by Crippen LogP contribution is -2.52. The molecular weight excluding hydrogens is 194 g/mol. The highest BCUT2D eigenvalue weighted by molar-refractivity contribution is 5.67. The molecule has 0 aliphatic rings. The molecule has 1 aromatic heterocycles. The molecule has 1 N–H and O–H groups in total. The van der Waals surface area contributed by atoms with Crippen LogP contribution in [0.2, 0.25) is 0 Å². The van der Waals surface area contributed by atoms with Gasteiger partial charge in [-0.3, -0.25) is 0 Å². The quantitative estimate of drug-likeness (QED) is 0.379. The molecule has 0 atom stereocenters. The minimum Gasteiger partial charge on any atom is -0.457 e. The molecule has 0 bridgehead atoms. The summed E-state index contributed by atoms with van der Waals surface area (Å²) in [5.41, 5.74) is 0. The van der Waals surface area contributed by atoms with Crippen LogP contribution in [0.25, 0.3) is 0 Å². The number of aromatic nitrogens is 1. The molecule has 0 unspecified atom stereocenters. The lowest BCUT2D eigenvalue weighted by Gasteiger charge is -2.06. The van der Waals surface area contributed by atoms with E-state index >= 15 is 0 Å². The van der Waals surface area contributed by atoms with Gasteiger partial charge in [0.25, 0.3) is 0 Å². The van der Waals surface area contributed by atoms with Gasteiger partial charge in [-0.15, -0.1) is 4.84 Å². The van der Waals surface area contributed by atoms with Gasteiger partial charge in [-0.05, 0) is 6.07 Å². The Labute approximate surface area is 89.4 Å². The van der Waals surface area contributed by atoms with Crippen molar-refractivity contribution in [3.8, 4) is 5.88 Å². The maximum atomic E-state index is 9.51. The van der Waals surface area contributed by atoms with Crippen molar-refractivity contribution >= 4 is 6.02 Å². The van der Waals surface area contributed by atoms with Gasteiger partial charge in [0.05, 0.1) is 39.0 Å². The molecule has 0 aromatic carbocycles. The second-order valence-corrected chi connectivity index (χ2v) is 3.55. The average molecular weight is 211 g/mol. The first-order chi connectivity index (χ1) is 7.02. The van der Waals surface area contributed by atoms with E-state index in [1.165, 1.54) is 4.73 Å². The fourth-order valence-electron chi connectivity index (χ4n) is 1.15. The summed E-state index contributed by atoms with van der Waals surface area (Å²) >= 11 is 0. The van der Waals surface area contributed by atoms with Crippen LogP contribution in [0.4, 0.5) is 0 Å². The van der Waals surface area contributed by atoms with Crippen LogP contribution in [0.1, 0.15) is 0 Å². The van der Waals surface area contributed by atoms with Crippen LogP contribution in [0.5, 0.6) is 5.88 Å². The fourth-order valence-corrected chi connectivity index (χ4v) is 1.15. The van der Waals surface area contributed by atoms with Gasteiger partial charge >= 0.3 is 11.9 Å². The van der Waals surface area contributed by atoms with E-state index in [4.69, 9.17) is 4.84 Å². The van der Waals surface area contributed by atoms with E-state index in [2.05, 4.69) is 0 Å². The van der Waals surface area contributed by atoms with Gasteiger partial charge in [-0.1, -0.05) is 0 Å². The third-order valence-electron chi connectivity index (χ3n) is 1.75. The molecule has 0 aliphatic carbocycles. The highest BCUT2D eigenvalue weighted by Gasteiger charge is 2.22. The monoisotopic (exact) mass is 211 g/mol. The summed E-state index contributed by atoms with van der Waals surface area (Å²) in [6.07, 6.45) is 1.64. The van der Waals surface area contributed by atoms with Crippen molar-refractivity contribution < 1.29 is 19.3 Å². The van der Waals surface area contributed by atoms with E-state index < -0.39 is 0 Å². The zero-order valence-electron chi connectivity index (χ0n) is 9.51. The molecule has 0 saturated heterocycles. The van der Waals surface area contributed by atoms with Crippen molar-refractivity contribution in [3.63, 3.8) is 0 Å². The van der Waals surface area contributed by atoms with E-state index in [-0.39, 0.29) is 5.88 Å². The molecule has 0 amide bonds. The van der Waals surface area contributed by atoms with Crippen LogP contribution in [0.3, 0.4) is 0 Å². The van der Waals surface area contributed by atoms with Gasteiger partial charge < -0.3 is 5.11 Å². The Morgan fingerprint density at radius 3 is 2.53 bits per heavy atom. The lowest BCUT2D eigenvalue weighted by molar-refractivity contribution is -0.875. The Morgan fingerprint density at radius 1 is 1.40 bits per heavy atom. The standard InChI is InChI=1S/C10H16N3O2/c1-11(2)10(12(3)4)15-13-8-6-5-7-9(13)14/h5-8H,1-4H3/q+1/p+1. The van der Waals surface area contributed by atoms with E-state index in [1.54, 1.807) is 24.4 Å². The highest BCUT2D eigenvalue weighted by Crippen LogP contribution is 1.95. The Balaban J connectivity index is 2.95. The first-order valence-corrected chi connectivity index (χ1v) is 4.62.